The van der Waals surface area contributed by atoms with Crippen molar-refractivity contribution in [3.63, 3.8) is 0 Å². The zero-order chi connectivity index (χ0) is 87.5. The summed E-state index contributed by atoms with van der Waals surface area (Å²) in [5.74, 6) is 2.39. The first-order valence-electron chi connectivity index (χ1n) is 41.3. The zero-order valence-electron chi connectivity index (χ0n) is 70.1. The van der Waals surface area contributed by atoms with Crippen LogP contribution >= 0.6 is 0 Å². The van der Waals surface area contributed by atoms with E-state index in [4.69, 9.17) is 53.7 Å². The number of aryl methyl sites for hydroxylation is 3. The van der Waals surface area contributed by atoms with Gasteiger partial charge in [0.1, 0.15) is 34.4 Å². The third-order valence-corrected chi connectivity index (χ3v) is 34.4. The predicted molar refractivity (Wildman–Crippen MR) is 454 cm³/mol. The van der Waals surface area contributed by atoms with Gasteiger partial charge in [-0.1, -0.05) is 71.3 Å². The normalized spacial score (nSPS) is 22.6. The fourth-order valence-electron chi connectivity index (χ4n) is 17.4. The number of likely N-dealkylation sites (tertiary alicyclic amines) is 4. The maximum atomic E-state index is 13.1. The van der Waals surface area contributed by atoms with E-state index in [-0.39, 0.29) is 0 Å². The van der Waals surface area contributed by atoms with Gasteiger partial charge in [0, 0.05) is 168 Å². The Bertz CT molecular complexity index is 4850. The number of piperidine rings is 5. The highest BCUT2D eigenvalue weighted by Gasteiger charge is 2.56. The van der Waals surface area contributed by atoms with Crippen LogP contribution in [0.3, 0.4) is 0 Å². The van der Waals surface area contributed by atoms with Gasteiger partial charge in [0.2, 0.25) is 50.1 Å². The van der Waals surface area contributed by atoms with Gasteiger partial charge in [-0.15, -0.1) is 0 Å². The van der Waals surface area contributed by atoms with Gasteiger partial charge in [-0.3, -0.25) is 0 Å². The number of hydrogen-bond acceptors (Lipinski definition) is 27. The molecule has 2 saturated carbocycles. The van der Waals surface area contributed by atoms with Crippen molar-refractivity contribution in [2.45, 2.75) is 184 Å². The highest BCUT2D eigenvalue weighted by atomic mass is 32.2. The van der Waals surface area contributed by atoms with Crippen molar-refractivity contribution in [3.8, 4) is 5.75 Å². The van der Waals surface area contributed by atoms with Crippen molar-refractivity contribution in [2.75, 3.05) is 158 Å². The van der Waals surface area contributed by atoms with Crippen LogP contribution in [0.4, 0.5) is 0 Å². The summed E-state index contributed by atoms with van der Waals surface area (Å²) in [7, 11) is -13.9. The molecule has 10 aliphatic heterocycles. The second kappa shape index (κ2) is 43.3. The number of ether oxygens (including phenoxy) is 6. The molecule has 17 rings (SSSR count). The maximum absolute atomic E-state index is 13.1. The van der Waals surface area contributed by atoms with Gasteiger partial charge in [0.15, 0.2) is 0 Å². The van der Waals surface area contributed by atoms with E-state index in [2.05, 4.69) is 45.8 Å². The Morgan fingerprint density at radius 2 is 0.612 bits per heavy atom. The lowest BCUT2D eigenvalue weighted by atomic mass is 10.00. The Balaban J connectivity index is 0.000000155. The fraction of sp³-hybridized carbons (Fsp3) is 0.630. The lowest BCUT2D eigenvalue weighted by molar-refractivity contribution is -0.0943. The lowest BCUT2D eigenvalue weighted by Gasteiger charge is -2.44. The van der Waals surface area contributed by atoms with E-state index in [0.717, 1.165) is 132 Å². The largest absolute Gasteiger partial charge is 0.497 e. The first kappa shape index (κ1) is 97.7. The summed E-state index contributed by atoms with van der Waals surface area (Å²) in [6.07, 6.45) is 12.8. The van der Waals surface area contributed by atoms with Crippen molar-refractivity contribution < 1.29 is 95.8 Å². The van der Waals surface area contributed by atoms with Gasteiger partial charge in [-0.05, 0) is 165 Å². The highest BCUT2D eigenvalue weighted by molar-refractivity contribution is 7.90. The molecule has 5 aromatic rings. The quantitative estimate of drug-likeness (QED) is 0.109. The first-order valence-corrected chi connectivity index (χ1v) is 50.5. The van der Waals surface area contributed by atoms with E-state index >= 15 is 0 Å². The van der Waals surface area contributed by atoms with Crippen molar-refractivity contribution >= 4 is 84.8 Å². The third kappa shape index (κ3) is 24.0. The molecular weight excluding hydrogens is 1720 g/mol. The number of hydrogen-bond donors (Lipinski definition) is 1. The molecule has 0 atom stereocenters. The van der Waals surface area contributed by atoms with E-state index < -0.39 is 113 Å². The van der Waals surface area contributed by atoms with E-state index in [1.807, 2.05) is 63.2 Å². The number of nitrogens with one attached hydrogen (secondary N) is 1. The van der Waals surface area contributed by atoms with Crippen LogP contribution in [0.1, 0.15) is 120 Å². The Morgan fingerprint density at radius 3 is 0.876 bits per heavy atom. The number of sulfonamides is 5. The van der Waals surface area contributed by atoms with Crippen molar-refractivity contribution in [2.24, 2.45) is 11.8 Å². The topological polar surface area (TPSA) is 370 Å². The zero-order valence-corrected chi connectivity index (χ0v) is 76.6. The smallest absolute Gasteiger partial charge is 0.335 e. The highest BCUT2D eigenvalue weighted by Crippen LogP contribution is 2.45. The van der Waals surface area contributed by atoms with Gasteiger partial charge < -0.3 is 53.3 Å². The predicted octanol–water partition coefficient (Wildman–Crippen LogP) is 6.57. The Morgan fingerprint density at radius 1 is 0.364 bits per heavy atom. The number of rotatable bonds is 16. The maximum Gasteiger partial charge on any atom is 0.335 e. The molecular formula is C81H118N10O22S8. The minimum atomic E-state index is -3.58. The number of nitrogens with zero attached hydrogens (tertiary/aromatic N) is 9. The van der Waals surface area contributed by atoms with Crippen LogP contribution in [0, 0.1) is 32.6 Å². The second-order valence-corrected chi connectivity index (χ2v) is 42.4. The minimum Gasteiger partial charge on any atom is -0.497 e. The Kier molecular flexibility index (Phi) is 35.0. The van der Waals surface area contributed by atoms with Gasteiger partial charge >= 0.3 is 34.7 Å². The summed E-state index contributed by atoms with van der Waals surface area (Å²) in [5, 5.41) is 3.25. The summed E-state index contributed by atoms with van der Waals surface area (Å²) < 4.78 is 223. The Hall–Kier alpha value is -5.49. The molecule has 0 radical (unpaired) electrons. The molecule has 12 fully saturated rings. The summed E-state index contributed by atoms with van der Waals surface area (Å²) in [5.41, 5.74) is -0.0676. The van der Waals surface area contributed by atoms with Crippen molar-refractivity contribution in [1.82, 2.24) is 46.4 Å². The molecule has 672 valence electrons. The molecule has 5 aromatic carbocycles. The molecule has 40 heteroatoms. The third-order valence-electron chi connectivity index (χ3n) is 24.6. The monoisotopic (exact) mass is 1840 g/mol. The molecule has 0 aromatic heterocycles. The molecule has 1 N–H and O–H groups in total. The van der Waals surface area contributed by atoms with E-state index in [1.54, 1.807) is 114 Å². The van der Waals surface area contributed by atoms with Crippen LogP contribution in [0.15, 0.2) is 152 Å². The van der Waals surface area contributed by atoms with Gasteiger partial charge in [0.05, 0.1) is 64.6 Å². The van der Waals surface area contributed by atoms with E-state index in [0.29, 0.717) is 128 Å². The molecule has 32 nitrogen and oxygen atoms in total. The molecule has 10 saturated heterocycles. The molecule has 0 bridgehead atoms. The van der Waals surface area contributed by atoms with Gasteiger partial charge in [-0.25, -0.2) is 42.1 Å². The number of methoxy groups -OCH3 is 1. The van der Waals surface area contributed by atoms with E-state index in [1.165, 1.54) is 38.8 Å². The minimum absolute atomic E-state index is 0.291. The summed E-state index contributed by atoms with van der Waals surface area (Å²) in [6, 6.07) is 36.9. The molecule has 0 unspecified atom stereocenters. The van der Waals surface area contributed by atoms with Crippen molar-refractivity contribution in [1.29, 1.82) is 0 Å². The average Bonchev–Trinajstić information content (AvgIpc) is 1.71. The van der Waals surface area contributed by atoms with Crippen LogP contribution in [-0.2, 0) is 109 Å². The lowest BCUT2D eigenvalue weighted by Crippen LogP contribution is -2.55. The van der Waals surface area contributed by atoms with E-state index in [9.17, 15) is 42.1 Å². The van der Waals surface area contributed by atoms with Crippen molar-refractivity contribution in [3.05, 3.63) is 144 Å². The average molecular weight is 1840 g/mol. The van der Waals surface area contributed by atoms with Gasteiger partial charge in [0.25, 0.3) is 0 Å². The van der Waals surface area contributed by atoms with Crippen LogP contribution < -0.4 is 10.1 Å². The standard InChI is InChI=1S/C18H26N2O3S.C17H26N2O4S.C17H24N2O3S.C15H22N2O3S.C14H20N2O3S.3O2S/c1-15-2-6-17(7-3-15)24(21,22)20-12-13-23-18(20)8-10-19(11-9-18)14-16-4-5-16;1-14(2)18-10-8-17(9-11-18)19(12-13-23-17)24(20,21)16-6-4-15(22-3)5-7-16;20-23(21,16-4-2-1-3-5-16)19-12-13-22-17(19)8-10-18(11-9-17)14-15-6-7-15;1-13-3-5-14(6-4-13)21(18,19)17-11-12-20-15(17)7-9-16(2)10-8-15;1-12-2-4-13(5-3-12)20(17,18)16-10-11-19-14(16)6-8-15-9-7-14;3*1-3-2/h2-3,6-7,16H,4-5,8-14H2,1H3;4-7,14H,8-13H2,1-3H3;1-5,15H,6-14H2;3-6H,7-12H2,1-2H3;2-5,15H,6-11H2,1H3;;;. The Labute approximate surface area is 725 Å². The molecule has 2 aliphatic carbocycles. The number of benzene rings is 5. The molecule has 10 heterocycles. The SMILES string of the molecule is COc1ccc(S(=O)(=O)N2CCOC23CCN(C(C)C)CC3)cc1.Cc1ccc(S(=O)(=O)N2CCOC23CCN(C)CC3)cc1.Cc1ccc(S(=O)(=O)N2CCOC23CCN(CC2CC2)CC3)cc1.Cc1ccc(S(=O)(=O)N2CCOC23CCNCC3)cc1.O=S(=O)(c1ccccc1)N1CCOC12CCN(CC1CC1)CC2.O=S=O.O=S=O.O=S=O. The molecule has 0 amide bonds. The second-order valence-electron chi connectivity index (χ2n) is 32.7. The fourth-order valence-corrected chi connectivity index (χ4v) is 26.1. The molecule has 121 heavy (non-hydrogen) atoms. The van der Waals surface area contributed by atoms with Crippen LogP contribution in [0.5, 0.6) is 5.75 Å². The first-order chi connectivity index (χ1) is 57.7. The van der Waals surface area contributed by atoms with Crippen LogP contribution in [0.25, 0.3) is 0 Å². The summed E-state index contributed by atoms with van der Waals surface area (Å²) >= 11 is -2.25. The van der Waals surface area contributed by atoms with Crippen LogP contribution in [-0.4, -0.2) is 302 Å². The molecule has 12 aliphatic rings. The van der Waals surface area contributed by atoms with Crippen LogP contribution in [0.2, 0.25) is 0 Å². The summed E-state index contributed by atoms with van der Waals surface area (Å²) in [6.45, 7) is 25.9. The van der Waals surface area contributed by atoms with Gasteiger partial charge in [-0.2, -0.15) is 46.8 Å². The summed E-state index contributed by atoms with van der Waals surface area (Å²) in [4.78, 5) is 11.3. The molecule has 5 spiro atoms.